The van der Waals surface area contributed by atoms with E-state index in [1.54, 1.807) is 24.3 Å². The maximum atomic E-state index is 13.1. The topological polar surface area (TPSA) is 94.8 Å². The first-order valence-electron chi connectivity index (χ1n) is 10.4. The van der Waals surface area contributed by atoms with Gasteiger partial charge < -0.3 is 10.1 Å². The van der Waals surface area contributed by atoms with Crippen molar-refractivity contribution in [2.45, 2.75) is 31.1 Å². The van der Waals surface area contributed by atoms with Crippen LogP contribution >= 0.6 is 23.4 Å². The minimum atomic E-state index is -4.81. The van der Waals surface area contributed by atoms with Gasteiger partial charge in [0.2, 0.25) is 0 Å². The van der Waals surface area contributed by atoms with Gasteiger partial charge in [0.05, 0.1) is 11.4 Å². The fraction of sp³-hybridized carbons (Fsp3) is 0.174. The number of hydrogen-bond donors (Lipinski definition) is 1. The number of nitrogens with one attached hydrogen (secondary N) is 1. The molecule has 186 valence electrons. The highest BCUT2D eigenvalue weighted by Crippen LogP contribution is 2.26. The first kappa shape index (κ1) is 25.5. The van der Waals surface area contributed by atoms with Crippen molar-refractivity contribution < 1.29 is 22.7 Å². The maximum absolute atomic E-state index is 13.1. The van der Waals surface area contributed by atoms with E-state index in [-0.39, 0.29) is 17.1 Å². The molecule has 0 aliphatic heterocycles. The molecule has 4 rings (SSSR count). The Kier molecular flexibility index (Phi) is 7.45. The van der Waals surface area contributed by atoms with Gasteiger partial charge in [0.1, 0.15) is 5.75 Å². The zero-order valence-corrected chi connectivity index (χ0v) is 20.4. The van der Waals surface area contributed by atoms with Crippen LogP contribution in [0.1, 0.15) is 27.6 Å². The van der Waals surface area contributed by atoms with E-state index in [9.17, 15) is 18.0 Å². The molecule has 0 saturated heterocycles. The van der Waals surface area contributed by atoms with Gasteiger partial charge in [-0.05, 0) is 68.4 Å². The van der Waals surface area contributed by atoms with Crippen molar-refractivity contribution in [3.8, 4) is 11.4 Å². The molecule has 0 spiro atoms. The number of amides is 1. The lowest BCUT2D eigenvalue weighted by Gasteiger charge is -2.10. The van der Waals surface area contributed by atoms with Gasteiger partial charge in [-0.15, -0.1) is 18.3 Å². The highest BCUT2D eigenvalue weighted by atomic mass is 35.5. The quantitative estimate of drug-likeness (QED) is 0.237. The number of hydrogen-bond acceptors (Lipinski definition) is 7. The standard InChI is InChI=1S/C23H18ClF3N6O2S/c1-13-11-14(2)29-22(28-13)36-12-19-20(31-32-33(19)17-7-3-15(24)4-8-17)21(34)30-16-5-9-18(10-6-16)35-23(25,26)27/h3-11H,12H2,1-2H3,(H,30,34). The van der Waals surface area contributed by atoms with Gasteiger partial charge in [0.25, 0.3) is 5.91 Å². The molecule has 2 aromatic carbocycles. The molecular formula is C23H18ClF3N6O2S. The first-order chi connectivity index (χ1) is 17.1. The van der Waals surface area contributed by atoms with Gasteiger partial charge in [-0.1, -0.05) is 28.6 Å². The molecule has 0 aliphatic rings. The molecule has 0 atom stereocenters. The number of thioether (sulfide) groups is 1. The molecule has 2 aromatic heterocycles. The van der Waals surface area contributed by atoms with Gasteiger partial charge in [0, 0.05) is 27.9 Å². The van der Waals surface area contributed by atoms with Crippen molar-refractivity contribution in [3.63, 3.8) is 0 Å². The van der Waals surface area contributed by atoms with E-state index in [1.165, 1.54) is 28.6 Å². The summed E-state index contributed by atoms with van der Waals surface area (Å²) in [7, 11) is 0. The smallest absolute Gasteiger partial charge is 0.406 e. The largest absolute Gasteiger partial charge is 0.573 e. The molecule has 1 N–H and O–H groups in total. The number of anilines is 1. The molecule has 4 aromatic rings. The molecule has 0 aliphatic carbocycles. The second-order valence-corrected chi connectivity index (χ2v) is 8.90. The first-order valence-corrected chi connectivity index (χ1v) is 11.8. The van der Waals surface area contributed by atoms with Crippen LogP contribution in [0.3, 0.4) is 0 Å². The minimum Gasteiger partial charge on any atom is -0.406 e. The number of benzene rings is 2. The van der Waals surface area contributed by atoms with Crippen LogP contribution in [-0.2, 0) is 5.75 Å². The summed E-state index contributed by atoms with van der Waals surface area (Å²) in [5.74, 6) is -0.726. The maximum Gasteiger partial charge on any atom is 0.573 e. The van der Waals surface area contributed by atoms with Gasteiger partial charge in [-0.3, -0.25) is 4.79 Å². The van der Waals surface area contributed by atoms with Crippen molar-refractivity contribution in [3.05, 3.63) is 82.4 Å². The van der Waals surface area contributed by atoms with Crippen LogP contribution in [-0.4, -0.2) is 37.2 Å². The Balaban J connectivity index is 1.60. The Morgan fingerprint density at radius 2 is 1.69 bits per heavy atom. The van der Waals surface area contributed by atoms with Gasteiger partial charge >= 0.3 is 6.36 Å². The van der Waals surface area contributed by atoms with Crippen LogP contribution in [0.15, 0.2) is 59.8 Å². The monoisotopic (exact) mass is 534 g/mol. The summed E-state index contributed by atoms with van der Waals surface area (Å²) in [5.41, 5.74) is 3.02. The molecule has 36 heavy (non-hydrogen) atoms. The van der Waals surface area contributed by atoms with Crippen LogP contribution in [0.4, 0.5) is 18.9 Å². The van der Waals surface area contributed by atoms with E-state index in [4.69, 9.17) is 11.6 Å². The average molecular weight is 535 g/mol. The number of aromatic nitrogens is 5. The lowest BCUT2D eigenvalue weighted by Crippen LogP contribution is -2.17. The molecule has 0 unspecified atom stereocenters. The van der Waals surface area contributed by atoms with Gasteiger partial charge in [0.15, 0.2) is 10.9 Å². The molecule has 2 heterocycles. The Bertz CT molecular complexity index is 1360. The summed E-state index contributed by atoms with van der Waals surface area (Å²) >= 11 is 7.31. The van der Waals surface area contributed by atoms with Gasteiger partial charge in [-0.25, -0.2) is 14.6 Å². The van der Waals surface area contributed by atoms with Crippen LogP contribution in [0.5, 0.6) is 5.75 Å². The molecular weight excluding hydrogens is 517 g/mol. The van der Waals surface area contributed by atoms with Crippen LogP contribution in [0.2, 0.25) is 5.02 Å². The van der Waals surface area contributed by atoms with E-state index in [0.29, 0.717) is 21.6 Å². The van der Waals surface area contributed by atoms with Crippen molar-refractivity contribution in [2.75, 3.05) is 5.32 Å². The van der Waals surface area contributed by atoms with Crippen LogP contribution in [0, 0.1) is 13.8 Å². The Morgan fingerprint density at radius 1 is 1.06 bits per heavy atom. The minimum absolute atomic E-state index is 0.0393. The summed E-state index contributed by atoms with van der Waals surface area (Å²) in [6.07, 6.45) is -4.81. The third kappa shape index (κ3) is 6.52. The fourth-order valence-corrected chi connectivity index (χ4v) is 4.29. The molecule has 13 heteroatoms. The summed E-state index contributed by atoms with van der Waals surface area (Å²) in [6, 6.07) is 13.5. The number of carbonyl (C=O) groups is 1. The summed E-state index contributed by atoms with van der Waals surface area (Å²) < 4.78 is 42.6. The highest BCUT2D eigenvalue weighted by Gasteiger charge is 2.31. The summed E-state index contributed by atoms with van der Waals surface area (Å²) in [4.78, 5) is 21.9. The highest BCUT2D eigenvalue weighted by molar-refractivity contribution is 7.98. The Hall–Kier alpha value is -3.64. The SMILES string of the molecule is Cc1cc(C)nc(SCc2c(C(=O)Nc3ccc(OC(F)(F)F)cc3)nnn2-c2ccc(Cl)cc2)n1. The van der Waals surface area contributed by atoms with Crippen molar-refractivity contribution >= 4 is 35.0 Å². The van der Waals surface area contributed by atoms with Crippen molar-refractivity contribution in [1.82, 2.24) is 25.0 Å². The van der Waals surface area contributed by atoms with Crippen molar-refractivity contribution in [1.29, 1.82) is 0 Å². The van der Waals surface area contributed by atoms with E-state index in [0.717, 1.165) is 23.5 Å². The zero-order chi connectivity index (χ0) is 25.9. The van der Waals surface area contributed by atoms with Crippen molar-refractivity contribution in [2.24, 2.45) is 0 Å². The van der Waals surface area contributed by atoms with E-state index >= 15 is 0 Å². The van der Waals surface area contributed by atoms with E-state index in [1.807, 2.05) is 19.9 Å². The van der Waals surface area contributed by atoms with Gasteiger partial charge in [-0.2, -0.15) is 0 Å². The number of aryl methyl sites for hydroxylation is 2. The van der Waals surface area contributed by atoms with E-state index < -0.39 is 18.0 Å². The number of nitrogens with zero attached hydrogens (tertiary/aromatic N) is 5. The number of ether oxygens (including phenoxy) is 1. The number of rotatable bonds is 7. The molecule has 0 fully saturated rings. The number of halogens is 4. The molecule has 1 amide bonds. The molecule has 0 saturated carbocycles. The lowest BCUT2D eigenvalue weighted by atomic mass is 10.2. The number of carbonyl (C=O) groups excluding carboxylic acids is 1. The Morgan fingerprint density at radius 3 is 2.31 bits per heavy atom. The predicted molar refractivity (Wildman–Crippen MR) is 129 cm³/mol. The van der Waals surface area contributed by atoms with Crippen LogP contribution in [0.25, 0.3) is 5.69 Å². The average Bonchev–Trinajstić information content (AvgIpc) is 3.22. The Labute approximate surface area is 212 Å². The second kappa shape index (κ2) is 10.5. The van der Waals surface area contributed by atoms with Crippen LogP contribution < -0.4 is 10.1 Å². The second-order valence-electron chi connectivity index (χ2n) is 7.52. The number of alkyl halides is 3. The normalized spacial score (nSPS) is 11.4. The third-order valence-corrected chi connectivity index (χ3v) is 5.81. The molecule has 0 bridgehead atoms. The molecule has 8 nitrogen and oxygen atoms in total. The third-order valence-electron chi connectivity index (χ3n) is 4.69. The fourth-order valence-electron chi connectivity index (χ4n) is 3.22. The van der Waals surface area contributed by atoms with E-state index in [2.05, 4.69) is 30.3 Å². The summed E-state index contributed by atoms with van der Waals surface area (Å²) in [6.45, 7) is 3.73. The molecule has 0 radical (unpaired) electrons. The summed E-state index contributed by atoms with van der Waals surface area (Å²) in [5, 5.41) is 11.9. The zero-order valence-electron chi connectivity index (χ0n) is 18.9. The lowest BCUT2D eigenvalue weighted by molar-refractivity contribution is -0.274. The predicted octanol–water partition coefficient (Wildman–Crippen LogP) is 5.77.